The van der Waals surface area contributed by atoms with E-state index < -0.39 is 12.4 Å². The minimum atomic E-state index is -0.665. The first-order chi connectivity index (χ1) is 14.4. The van der Waals surface area contributed by atoms with Gasteiger partial charge in [-0.15, -0.1) is 11.3 Å². The van der Waals surface area contributed by atoms with Gasteiger partial charge in [-0.05, 0) is 40.0 Å². The van der Waals surface area contributed by atoms with E-state index in [0.29, 0.717) is 11.4 Å². The number of piperazine rings is 1. The summed E-state index contributed by atoms with van der Waals surface area (Å²) in [7, 11) is 3.64. The van der Waals surface area contributed by atoms with Crippen molar-refractivity contribution in [3.05, 3.63) is 52.7 Å². The number of carbonyl (C=O) groups is 1. The van der Waals surface area contributed by atoms with Crippen molar-refractivity contribution < 1.29 is 14.3 Å². The Balaban J connectivity index is 2.15. The Morgan fingerprint density at radius 3 is 2.63 bits per heavy atom. The van der Waals surface area contributed by atoms with Crippen LogP contribution < -0.4 is 4.90 Å². The molecule has 0 N–H and O–H groups in total. The largest absolute Gasteiger partial charge is 0.422 e. The van der Waals surface area contributed by atoms with Crippen molar-refractivity contribution in [1.29, 1.82) is 0 Å². The monoisotopic (exact) mass is 430 g/mol. The van der Waals surface area contributed by atoms with Crippen molar-refractivity contribution in [2.45, 2.75) is 27.1 Å². The van der Waals surface area contributed by atoms with E-state index in [1.165, 1.54) is 7.11 Å². The molecule has 0 spiro atoms. The molecular formula is C22H30N4O3S. The number of aliphatic imine (C=N–C) groups is 1. The van der Waals surface area contributed by atoms with E-state index >= 15 is 0 Å². The Bertz CT molecular complexity index is 894. The summed E-state index contributed by atoms with van der Waals surface area (Å²) in [4.78, 5) is 25.5. The molecule has 0 bridgehead atoms. The Morgan fingerprint density at radius 1 is 1.33 bits per heavy atom. The molecule has 1 fully saturated rings. The second kappa shape index (κ2) is 9.59. The topological polar surface area (TPSA) is 57.6 Å². The first-order valence-electron chi connectivity index (χ1n) is 10.1. The summed E-state index contributed by atoms with van der Waals surface area (Å²) in [6.45, 7) is 13.2. The van der Waals surface area contributed by atoms with Gasteiger partial charge in [0.25, 0.3) is 0 Å². The van der Waals surface area contributed by atoms with E-state index in [1.54, 1.807) is 35.3 Å². The molecular weight excluding hydrogens is 400 g/mol. The Hall–Kier alpha value is -2.42. The van der Waals surface area contributed by atoms with E-state index in [0.717, 1.165) is 47.5 Å². The lowest BCUT2D eigenvalue weighted by molar-refractivity contribution is -0.0646. The highest BCUT2D eigenvalue weighted by atomic mass is 32.1. The van der Waals surface area contributed by atoms with E-state index in [2.05, 4.69) is 29.5 Å². The molecule has 2 aliphatic heterocycles. The number of amidine groups is 1. The molecule has 3 heterocycles. The van der Waals surface area contributed by atoms with Crippen LogP contribution in [0.5, 0.6) is 0 Å². The molecule has 8 heteroatoms. The summed E-state index contributed by atoms with van der Waals surface area (Å²) in [5.74, 6) is 0.889. The number of fused-ring (bicyclic) bond motifs is 1. The third-order valence-electron chi connectivity index (χ3n) is 5.14. The number of ether oxygens (including phenoxy) is 2. The first kappa shape index (κ1) is 22.3. The molecule has 2 aliphatic rings. The van der Waals surface area contributed by atoms with Crippen molar-refractivity contribution in [3.8, 4) is 0 Å². The molecule has 0 aromatic carbocycles. The van der Waals surface area contributed by atoms with Gasteiger partial charge in [0.1, 0.15) is 10.8 Å². The van der Waals surface area contributed by atoms with Gasteiger partial charge >= 0.3 is 6.09 Å². The molecule has 1 aromatic rings. The third-order valence-corrected chi connectivity index (χ3v) is 6.18. The highest BCUT2D eigenvalue weighted by Crippen LogP contribution is 2.40. The van der Waals surface area contributed by atoms with E-state index in [4.69, 9.17) is 14.5 Å². The fraction of sp³-hybridized carbons (Fsp3) is 0.455. The average Bonchev–Trinajstić information content (AvgIpc) is 3.04. The number of carbonyl (C=O) groups excluding carboxylic acids is 1. The summed E-state index contributed by atoms with van der Waals surface area (Å²) < 4.78 is 10.7. The van der Waals surface area contributed by atoms with Crippen molar-refractivity contribution in [3.63, 3.8) is 0 Å². The van der Waals surface area contributed by atoms with Crippen LogP contribution in [-0.4, -0.2) is 68.4 Å². The fourth-order valence-electron chi connectivity index (χ4n) is 3.45. The highest BCUT2D eigenvalue weighted by molar-refractivity contribution is 7.16. The number of hydrogen-bond donors (Lipinski definition) is 0. The van der Waals surface area contributed by atoms with Crippen LogP contribution in [0.15, 0.2) is 47.3 Å². The lowest BCUT2D eigenvalue weighted by Gasteiger charge is -2.34. The molecule has 1 unspecified atom stereocenters. The lowest BCUT2D eigenvalue weighted by atomic mass is 10.2. The fourth-order valence-corrected chi connectivity index (χ4v) is 4.46. The predicted molar refractivity (Wildman–Crippen MR) is 122 cm³/mol. The summed E-state index contributed by atoms with van der Waals surface area (Å²) in [6, 6.07) is 2.10. The Kier molecular flexibility index (Phi) is 7.12. The number of thiophene rings is 1. The molecule has 7 nitrogen and oxygen atoms in total. The lowest BCUT2D eigenvalue weighted by Crippen LogP contribution is -2.47. The maximum absolute atomic E-state index is 13.2. The molecule has 1 atom stereocenters. The number of methoxy groups -OCH3 is 1. The van der Waals surface area contributed by atoms with Crippen LogP contribution in [0.4, 0.5) is 9.80 Å². The van der Waals surface area contributed by atoms with Crippen LogP contribution >= 0.6 is 11.3 Å². The van der Waals surface area contributed by atoms with Crippen molar-refractivity contribution in [2.24, 2.45) is 4.99 Å². The van der Waals surface area contributed by atoms with Crippen molar-refractivity contribution >= 4 is 28.3 Å². The predicted octanol–water partition coefficient (Wildman–Crippen LogP) is 3.97. The van der Waals surface area contributed by atoms with Crippen LogP contribution in [0.1, 0.15) is 24.3 Å². The summed E-state index contributed by atoms with van der Waals surface area (Å²) in [5, 5.41) is 0.795. The Morgan fingerprint density at radius 2 is 2.03 bits per heavy atom. The van der Waals surface area contributed by atoms with E-state index in [1.807, 2.05) is 19.9 Å². The molecule has 0 radical (unpaired) electrons. The van der Waals surface area contributed by atoms with Gasteiger partial charge in [-0.2, -0.15) is 0 Å². The van der Waals surface area contributed by atoms with E-state index in [-0.39, 0.29) is 0 Å². The highest BCUT2D eigenvalue weighted by Gasteiger charge is 2.35. The molecule has 0 aliphatic carbocycles. The van der Waals surface area contributed by atoms with Gasteiger partial charge in [-0.3, -0.25) is 0 Å². The zero-order valence-electron chi connectivity index (χ0n) is 18.3. The quantitative estimate of drug-likeness (QED) is 0.679. The van der Waals surface area contributed by atoms with Gasteiger partial charge in [0, 0.05) is 38.2 Å². The van der Waals surface area contributed by atoms with Gasteiger partial charge in [0.05, 0.1) is 17.0 Å². The Labute approximate surface area is 182 Å². The minimum Gasteiger partial charge on any atom is -0.419 e. The number of allylic oxidation sites excluding steroid dienone is 3. The van der Waals surface area contributed by atoms with Gasteiger partial charge in [-0.1, -0.05) is 18.7 Å². The van der Waals surface area contributed by atoms with Crippen LogP contribution in [0.3, 0.4) is 0 Å². The zero-order chi connectivity index (χ0) is 21.8. The number of aryl methyl sites for hydroxylation is 1. The van der Waals surface area contributed by atoms with Crippen LogP contribution in [0.2, 0.25) is 0 Å². The number of nitrogens with zero attached hydrogens (tertiary/aromatic N) is 4. The van der Waals surface area contributed by atoms with Gasteiger partial charge < -0.3 is 19.3 Å². The van der Waals surface area contributed by atoms with Gasteiger partial charge in [-0.25, -0.2) is 14.7 Å². The minimum absolute atomic E-state index is 0.505. The number of anilines is 1. The maximum Gasteiger partial charge on any atom is 0.422 e. The summed E-state index contributed by atoms with van der Waals surface area (Å²) in [5.41, 5.74) is 2.27. The van der Waals surface area contributed by atoms with Crippen molar-refractivity contribution in [1.82, 2.24) is 9.80 Å². The second-order valence-electron chi connectivity index (χ2n) is 7.29. The standard InChI is InChI=1S/C22H30N4O3S/c1-7-9-19-18(8-2)23-20(25-12-10-24(5)11-13-25)17-14-15(3)30-21(17)26(19)22(27)29-16(4)28-6/h7-9,14,16H,1,10-13H2,2-6H3/b18-8+,19-9?. The normalized spacial score (nSPS) is 21.3. The number of rotatable bonds is 3. The van der Waals surface area contributed by atoms with Crippen LogP contribution in [0.25, 0.3) is 0 Å². The molecule has 0 saturated carbocycles. The molecule has 30 heavy (non-hydrogen) atoms. The number of likely N-dealkylation sites (N-methyl/N-ethyl adjacent to an activating group) is 1. The van der Waals surface area contributed by atoms with E-state index in [9.17, 15) is 4.79 Å². The molecule has 1 amide bonds. The van der Waals surface area contributed by atoms with Crippen LogP contribution in [-0.2, 0) is 9.47 Å². The second-order valence-corrected chi connectivity index (χ2v) is 8.52. The molecule has 1 aromatic heterocycles. The van der Waals surface area contributed by atoms with Crippen LogP contribution in [0, 0.1) is 6.92 Å². The van der Waals surface area contributed by atoms with Gasteiger partial charge in [0.15, 0.2) is 0 Å². The summed E-state index contributed by atoms with van der Waals surface area (Å²) in [6.07, 6.45) is 4.20. The summed E-state index contributed by atoms with van der Waals surface area (Å²) >= 11 is 1.55. The third kappa shape index (κ3) is 4.50. The maximum atomic E-state index is 13.2. The first-order valence-corrected chi connectivity index (χ1v) is 10.9. The molecule has 1 saturated heterocycles. The SMILES string of the molecule is C=CC=C1/C(=C\C)N=C(N2CCN(C)CC2)c2cc(C)sc2N1C(=O)OC(C)OC. The molecule has 162 valence electrons. The number of hydrogen-bond acceptors (Lipinski definition) is 7. The smallest absolute Gasteiger partial charge is 0.419 e. The number of amides is 1. The van der Waals surface area contributed by atoms with Gasteiger partial charge in [0.2, 0.25) is 6.29 Å². The average molecular weight is 431 g/mol. The molecule has 3 rings (SSSR count). The van der Waals surface area contributed by atoms with Crippen molar-refractivity contribution in [2.75, 3.05) is 45.2 Å². The zero-order valence-corrected chi connectivity index (χ0v) is 19.2.